The van der Waals surface area contributed by atoms with Crippen molar-refractivity contribution in [2.75, 3.05) is 13.2 Å². The Kier molecular flexibility index (Phi) is 3.37. The van der Waals surface area contributed by atoms with Crippen LogP contribution >= 0.6 is 23.8 Å². The summed E-state index contributed by atoms with van der Waals surface area (Å²) >= 11 is 11.4. The van der Waals surface area contributed by atoms with Crippen LogP contribution in [0.3, 0.4) is 0 Å². The lowest BCUT2D eigenvalue weighted by Gasteiger charge is -2.33. The van der Waals surface area contributed by atoms with Crippen LogP contribution < -0.4 is 0 Å². The van der Waals surface area contributed by atoms with Crippen molar-refractivity contribution in [3.8, 4) is 0 Å². The molecule has 3 heterocycles. The highest BCUT2D eigenvalue weighted by Crippen LogP contribution is 2.32. The van der Waals surface area contributed by atoms with E-state index in [1.165, 1.54) is 0 Å². The standard InChI is InChI=1S/C13H16ClN3OS/c1-13(2-4-18-5-3-13)8-17-11-10(16-12(17)19)6-9(14)7-15-11/h6-7H,2-5,8H2,1H3,(H,16,19). The molecule has 4 nitrogen and oxygen atoms in total. The van der Waals surface area contributed by atoms with Crippen LogP contribution in [0.1, 0.15) is 19.8 Å². The van der Waals surface area contributed by atoms with Gasteiger partial charge in [0.15, 0.2) is 10.4 Å². The Hall–Kier alpha value is -0.910. The third kappa shape index (κ3) is 2.55. The molecular weight excluding hydrogens is 282 g/mol. The number of rotatable bonds is 2. The van der Waals surface area contributed by atoms with Crippen molar-refractivity contribution < 1.29 is 4.74 Å². The zero-order chi connectivity index (χ0) is 13.5. The maximum absolute atomic E-state index is 5.96. The predicted octanol–water partition coefficient (Wildman–Crippen LogP) is 3.56. The first-order valence-corrected chi connectivity index (χ1v) is 7.18. The quantitative estimate of drug-likeness (QED) is 0.862. The Bertz CT molecular complexity index is 657. The molecule has 1 aliphatic heterocycles. The highest BCUT2D eigenvalue weighted by atomic mass is 35.5. The number of ether oxygens (including phenoxy) is 1. The fourth-order valence-corrected chi connectivity index (χ4v) is 2.99. The summed E-state index contributed by atoms with van der Waals surface area (Å²) in [7, 11) is 0. The van der Waals surface area contributed by atoms with Crippen molar-refractivity contribution in [1.82, 2.24) is 14.5 Å². The van der Waals surface area contributed by atoms with Crippen LogP contribution in [0.5, 0.6) is 0 Å². The zero-order valence-corrected chi connectivity index (χ0v) is 12.4. The third-order valence-electron chi connectivity index (χ3n) is 3.82. The summed E-state index contributed by atoms with van der Waals surface area (Å²) in [6.45, 7) is 4.80. The van der Waals surface area contributed by atoms with Crippen LogP contribution in [-0.2, 0) is 11.3 Å². The van der Waals surface area contributed by atoms with Crippen molar-refractivity contribution in [3.63, 3.8) is 0 Å². The number of pyridine rings is 1. The predicted molar refractivity (Wildman–Crippen MR) is 78.1 cm³/mol. The van der Waals surface area contributed by atoms with Gasteiger partial charge in [-0.05, 0) is 36.5 Å². The molecule has 0 aromatic carbocycles. The second-order valence-corrected chi connectivity index (χ2v) is 6.29. The summed E-state index contributed by atoms with van der Waals surface area (Å²) < 4.78 is 8.22. The molecule has 0 unspecified atom stereocenters. The smallest absolute Gasteiger partial charge is 0.179 e. The minimum atomic E-state index is 0.215. The average Bonchev–Trinajstić information content (AvgIpc) is 2.65. The number of aromatic nitrogens is 3. The van der Waals surface area contributed by atoms with E-state index in [2.05, 4.69) is 21.5 Å². The Labute approximate surface area is 121 Å². The summed E-state index contributed by atoms with van der Waals surface area (Å²) in [6.07, 6.45) is 3.76. The molecule has 0 atom stereocenters. The van der Waals surface area contributed by atoms with Crippen molar-refractivity contribution in [3.05, 3.63) is 22.1 Å². The molecule has 2 aromatic rings. The van der Waals surface area contributed by atoms with E-state index in [0.717, 1.165) is 43.8 Å². The summed E-state index contributed by atoms with van der Waals surface area (Å²) in [5.74, 6) is 0. The number of nitrogens with one attached hydrogen (secondary N) is 1. The van der Waals surface area contributed by atoms with Gasteiger partial charge in [-0.15, -0.1) is 0 Å². The van der Waals surface area contributed by atoms with Gasteiger partial charge in [0.1, 0.15) is 0 Å². The largest absolute Gasteiger partial charge is 0.381 e. The van der Waals surface area contributed by atoms with Gasteiger partial charge < -0.3 is 14.3 Å². The first-order valence-electron chi connectivity index (χ1n) is 6.39. The van der Waals surface area contributed by atoms with Crippen LogP contribution in [0, 0.1) is 10.2 Å². The van der Waals surface area contributed by atoms with Crippen LogP contribution in [0.15, 0.2) is 12.3 Å². The first kappa shape index (κ1) is 13.1. The number of hydrogen-bond acceptors (Lipinski definition) is 3. The summed E-state index contributed by atoms with van der Waals surface area (Å²) in [4.78, 5) is 7.57. The SMILES string of the molecule is CC1(Cn2c(=S)[nH]c3cc(Cl)cnc32)CCOCC1. The molecule has 102 valence electrons. The van der Waals surface area contributed by atoms with Crippen LogP contribution in [0.2, 0.25) is 5.02 Å². The molecule has 0 spiro atoms. The molecule has 2 aromatic heterocycles. The maximum Gasteiger partial charge on any atom is 0.179 e. The van der Waals surface area contributed by atoms with E-state index >= 15 is 0 Å². The second-order valence-electron chi connectivity index (χ2n) is 5.46. The number of imidazole rings is 1. The minimum Gasteiger partial charge on any atom is -0.381 e. The molecule has 1 saturated heterocycles. The Morgan fingerprint density at radius 1 is 1.53 bits per heavy atom. The van der Waals surface area contributed by atoms with Crippen molar-refractivity contribution in [2.24, 2.45) is 5.41 Å². The van der Waals surface area contributed by atoms with Gasteiger partial charge in [-0.25, -0.2) is 4.98 Å². The lowest BCUT2D eigenvalue weighted by molar-refractivity contribution is 0.0158. The summed E-state index contributed by atoms with van der Waals surface area (Å²) in [6, 6.07) is 1.86. The number of nitrogens with zero attached hydrogens (tertiary/aromatic N) is 2. The van der Waals surface area contributed by atoms with E-state index in [-0.39, 0.29) is 5.41 Å². The van der Waals surface area contributed by atoms with Gasteiger partial charge in [-0.3, -0.25) is 0 Å². The Balaban J connectivity index is 2.00. The Morgan fingerprint density at radius 2 is 2.26 bits per heavy atom. The number of H-pyrrole nitrogens is 1. The Morgan fingerprint density at radius 3 is 3.00 bits per heavy atom. The molecule has 0 radical (unpaired) electrons. The number of aromatic amines is 1. The number of hydrogen-bond donors (Lipinski definition) is 1. The van der Waals surface area contributed by atoms with Gasteiger partial charge in [0.25, 0.3) is 0 Å². The molecule has 0 amide bonds. The summed E-state index contributed by atoms with van der Waals surface area (Å²) in [5.41, 5.74) is 1.99. The highest BCUT2D eigenvalue weighted by Gasteiger charge is 2.28. The van der Waals surface area contributed by atoms with E-state index < -0.39 is 0 Å². The average molecular weight is 298 g/mol. The highest BCUT2D eigenvalue weighted by molar-refractivity contribution is 7.71. The molecule has 3 rings (SSSR count). The van der Waals surface area contributed by atoms with E-state index in [1.54, 1.807) is 6.20 Å². The van der Waals surface area contributed by atoms with Crippen LogP contribution in [0.25, 0.3) is 11.2 Å². The molecule has 0 bridgehead atoms. The van der Waals surface area contributed by atoms with Gasteiger partial charge in [0, 0.05) is 26.0 Å². The number of fused-ring (bicyclic) bond motifs is 1. The maximum atomic E-state index is 5.96. The lowest BCUT2D eigenvalue weighted by atomic mass is 9.82. The van der Waals surface area contributed by atoms with Gasteiger partial charge in [0.05, 0.1) is 10.5 Å². The fourth-order valence-electron chi connectivity index (χ4n) is 2.57. The lowest BCUT2D eigenvalue weighted by Crippen LogP contribution is -2.31. The third-order valence-corrected chi connectivity index (χ3v) is 4.34. The molecule has 19 heavy (non-hydrogen) atoms. The molecular formula is C13H16ClN3OS. The molecule has 0 aliphatic carbocycles. The van der Waals surface area contributed by atoms with E-state index in [0.29, 0.717) is 9.79 Å². The van der Waals surface area contributed by atoms with Gasteiger partial charge in [-0.2, -0.15) is 0 Å². The molecule has 0 saturated carbocycles. The fraction of sp³-hybridized carbons (Fsp3) is 0.538. The van der Waals surface area contributed by atoms with Gasteiger partial charge in [-0.1, -0.05) is 18.5 Å². The van der Waals surface area contributed by atoms with Gasteiger partial charge in [0.2, 0.25) is 0 Å². The van der Waals surface area contributed by atoms with E-state index in [9.17, 15) is 0 Å². The molecule has 6 heteroatoms. The van der Waals surface area contributed by atoms with Crippen LogP contribution in [0.4, 0.5) is 0 Å². The second kappa shape index (κ2) is 4.89. The first-order chi connectivity index (χ1) is 9.07. The topological polar surface area (TPSA) is 42.8 Å². The van der Waals surface area contributed by atoms with E-state index in [1.807, 2.05) is 6.07 Å². The molecule has 1 aliphatic rings. The van der Waals surface area contributed by atoms with Gasteiger partial charge >= 0.3 is 0 Å². The monoisotopic (exact) mass is 297 g/mol. The zero-order valence-electron chi connectivity index (χ0n) is 10.8. The van der Waals surface area contributed by atoms with E-state index in [4.69, 9.17) is 28.6 Å². The minimum absolute atomic E-state index is 0.215. The molecule has 1 N–H and O–H groups in total. The van der Waals surface area contributed by atoms with Crippen LogP contribution in [-0.4, -0.2) is 27.7 Å². The molecule has 1 fully saturated rings. The van der Waals surface area contributed by atoms with Crippen molar-refractivity contribution >= 4 is 35.0 Å². The van der Waals surface area contributed by atoms with Crippen molar-refractivity contribution in [1.29, 1.82) is 0 Å². The van der Waals surface area contributed by atoms with Crippen molar-refractivity contribution in [2.45, 2.75) is 26.3 Å². The number of halogens is 1. The summed E-state index contributed by atoms with van der Waals surface area (Å²) in [5, 5.41) is 0.619. The normalized spacial score (nSPS) is 18.8.